The third kappa shape index (κ3) is 3.82. The van der Waals surface area contributed by atoms with Crippen molar-refractivity contribution in [3.8, 4) is 16.6 Å². The Balaban J connectivity index is 1.46. The third-order valence-corrected chi connectivity index (χ3v) is 4.53. The van der Waals surface area contributed by atoms with Gasteiger partial charge in [0.05, 0.1) is 18.4 Å². The van der Waals surface area contributed by atoms with Gasteiger partial charge >= 0.3 is 6.03 Å². The van der Waals surface area contributed by atoms with Crippen LogP contribution in [0, 0.1) is 11.6 Å². The topological polar surface area (TPSA) is 63.7 Å². The molecular weight excluding hydrogens is 376 g/mol. The maximum Gasteiger partial charge on any atom is 0.328 e. The van der Waals surface area contributed by atoms with E-state index in [1.807, 2.05) is 0 Å². The number of amides is 2. The molecule has 0 spiro atoms. The Morgan fingerprint density at radius 3 is 2.93 bits per heavy atom. The van der Waals surface area contributed by atoms with Gasteiger partial charge in [-0.1, -0.05) is 17.4 Å². The van der Waals surface area contributed by atoms with Crippen LogP contribution in [0.4, 0.5) is 24.4 Å². The molecule has 0 bridgehead atoms. The molecule has 9 heteroatoms. The van der Waals surface area contributed by atoms with Crippen molar-refractivity contribution in [2.24, 2.45) is 0 Å². The smallest absolute Gasteiger partial charge is 0.328 e. The zero-order valence-corrected chi connectivity index (χ0v) is 14.6. The predicted molar refractivity (Wildman–Crippen MR) is 96.8 cm³/mol. The number of anilines is 2. The number of thiazole rings is 1. The van der Waals surface area contributed by atoms with E-state index in [-0.39, 0.29) is 6.61 Å². The van der Waals surface area contributed by atoms with Crippen LogP contribution < -0.4 is 19.7 Å². The summed E-state index contributed by atoms with van der Waals surface area (Å²) in [5.41, 5.74) is 0.480. The number of halogens is 2. The van der Waals surface area contributed by atoms with Crippen LogP contribution in [0.2, 0.25) is 0 Å². The van der Waals surface area contributed by atoms with Crippen molar-refractivity contribution >= 4 is 28.2 Å². The van der Waals surface area contributed by atoms with Gasteiger partial charge < -0.3 is 9.47 Å². The average molecular weight is 389 g/mol. The summed E-state index contributed by atoms with van der Waals surface area (Å²) in [5.74, 6) is -0.200. The molecule has 1 aromatic heterocycles. The lowest BCUT2D eigenvalue weighted by Gasteiger charge is -2.29. The maximum absolute atomic E-state index is 13.3. The molecule has 0 unspecified atom stereocenters. The average Bonchev–Trinajstić information content (AvgIpc) is 3.07. The maximum atomic E-state index is 13.3. The summed E-state index contributed by atoms with van der Waals surface area (Å²) >= 11 is 1.10. The summed E-state index contributed by atoms with van der Waals surface area (Å²) in [7, 11) is 0. The number of rotatable bonds is 3. The first-order valence-electron chi connectivity index (χ1n) is 7.98. The normalized spacial score (nSPS) is 12.9. The van der Waals surface area contributed by atoms with E-state index in [2.05, 4.69) is 10.3 Å². The molecule has 0 saturated carbocycles. The molecule has 2 heterocycles. The van der Waals surface area contributed by atoms with Crippen LogP contribution in [0.5, 0.6) is 16.6 Å². The fourth-order valence-electron chi connectivity index (χ4n) is 2.57. The molecule has 1 N–H and O–H groups in total. The molecular formula is C18H13F2N3O3S. The van der Waals surface area contributed by atoms with Crippen molar-refractivity contribution < 1.29 is 23.0 Å². The van der Waals surface area contributed by atoms with Crippen molar-refractivity contribution in [2.75, 3.05) is 23.4 Å². The van der Waals surface area contributed by atoms with Gasteiger partial charge in [0.15, 0.2) is 5.13 Å². The molecule has 0 fully saturated rings. The van der Waals surface area contributed by atoms with Crippen LogP contribution in [-0.4, -0.2) is 24.2 Å². The highest BCUT2D eigenvalue weighted by atomic mass is 32.1. The van der Waals surface area contributed by atoms with E-state index in [1.54, 1.807) is 6.07 Å². The second-order valence-corrected chi connectivity index (χ2v) is 6.58. The standard InChI is InChI=1S/C18H13F2N3O3S/c19-11-2-1-3-13(8-11)26-16-10-21-17(27-16)22-18(24)23-6-7-25-15-9-12(20)4-5-14(15)23/h1-5,8-10H,6-7H2,(H,21,22,24). The summed E-state index contributed by atoms with van der Waals surface area (Å²) in [6.07, 6.45) is 1.44. The second kappa shape index (κ2) is 7.20. The molecule has 0 radical (unpaired) electrons. The zero-order valence-electron chi connectivity index (χ0n) is 13.8. The molecule has 138 valence electrons. The van der Waals surface area contributed by atoms with Crippen LogP contribution in [0.25, 0.3) is 0 Å². The fourth-order valence-corrected chi connectivity index (χ4v) is 3.25. The van der Waals surface area contributed by atoms with Crippen LogP contribution in [-0.2, 0) is 0 Å². The Labute approximate surface area is 157 Å². The van der Waals surface area contributed by atoms with Gasteiger partial charge in [0.2, 0.25) is 5.06 Å². The Kier molecular flexibility index (Phi) is 4.59. The molecule has 2 amide bonds. The number of fused-ring (bicyclic) bond motifs is 1. The van der Waals surface area contributed by atoms with Crippen molar-refractivity contribution in [1.29, 1.82) is 0 Å². The number of aromatic nitrogens is 1. The van der Waals surface area contributed by atoms with E-state index in [9.17, 15) is 13.6 Å². The summed E-state index contributed by atoms with van der Waals surface area (Å²) < 4.78 is 37.5. The molecule has 0 aliphatic carbocycles. The number of hydrogen-bond acceptors (Lipinski definition) is 5. The van der Waals surface area contributed by atoms with E-state index >= 15 is 0 Å². The van der Waals surface area contributed by atoms with Gasteiger partial charge in [-0.3, -0.25) is 10.2 Å². The zero-order chi connectivity index (χ0) is 18.8. The number of carbonyl (C=O) groups excluding carboxylic acids is 1. The minimum atomic E-state index is -0.435. The summed E-state index contributed by atoms with van der Waals surface area (Å²) in [6.45, 7) is 0.582. The number of carbonyl (C=O) groups is 1. The first-order valence-corrected chi connectivity index (χ1v) is 8.80. The van der Waals surface area contributed by atoms with Crippen LogP contribution >= 0.6 is 11.3 Å². The first-order chi connectivity index (χ1) is 13.1. The molecule has 1 aliphatic heterocycles. The Bertz CT molecular complexity index is 995. The predicted octanol–water partition coefficient (Wildman–Crippen LogP) is 4.64. The van der Waals surface area contributed by atoms with E-state index in [0.29, 0.717) is 33.9 Å². The lowest BCUT2D eigenvalue weighted by Crippen LogP contribution is -2.40. The Hall–Kier alpha value is -3.20. The van der Waals surface area contributed by atoms with Gasteiger partial charge in [0.25, 0.3) is 0 Å². The largest absolute Gasteiger partial charge is 0.489 e. The third-order valence-electron chi connectivity index (χ3n) is 3.74. The molecule has 4 rings (SSSR count). The minimum absolute atomic E-state index is 0.260. The SMILES string of the molecule is O=C(Nc1ncc(Oc2cccc(F)c2)s1)N1CCOc2cc(F)ccc21. The Morgan fingerprint density at radius 1 is 1.22 bits per heavy atom. The fraction of sp³-hybridized carbons (Fsp3) is 0.111. The molecule has 1 aliphatic rings. The van der Waals surface area contributed by atoms with Crippen molar-refractivity contribution in [3.63, 3.8) is 0 Å². The number of urea groups is 1. The van der Waals surface area contributed by atoms with E-state index in [4.69, 9.17) is 9.47 Å². The number of nitrogens with zero attached hydrogens (tertiary/aromatic N) is 2. The van der Waals surface area contributed by atoms with Gasteiger partial charge in [0, 0.05) is 12.1 Å². The van der Waals surface area contributed by atoms with Gasteiger partial charge in [-0.15, -0.1) is 0 Å². The highest BCUT2D eigenvalue weighted by Crippen LogP contribution is 2.34. The van der Waals surface area contributed by atoms with Crippen molar-refractivity contribution in [3.05, 3.63) is 60.3 Å². The van der Waals surface area contributed by atoms with Crippen LogP contribution in [0.15, 0.2) is 48.7 Å². The van der Waals surface area contributed by atoms with E-state index in [1.165, 1.54) is 47.5 Å². The number of hydrogen-bond donors (Lipinski definition) is 1. The highest BCUT2D eigenvalue weighted by Gasteiger charge is 2.25. The highest BCUT2D eigenvalue weighted by molar-refractivity contribution is 7.17. The van der Waals surface area contributed by atoms with Crippen molar-refractivity contribution in [2.45, 2.75) is 0 Å². The van der Waals surface area contributed by atoms with Gasteiger partial charge in [-0.05, 0) is 24.3 Å². The summed E-state index contributed by atoms with van der Waals surface area (Å²) in [4.78, 5) is 18.1. The summed E-state index contributed by atoms with van der Waals surface area (Å²) in [5, 5.41) is 3.40. The van der Waals surface area contributed by atoms with E-state index < -0.39 is 17.7 Å². The molecule has 27 heavy (non-hydrogen) atoms. The van der Waals surface area contributed by atoms with Gasteiger partial charge in [-0.25, -0.2) is 18.6 Å². The van der Waals surface area contributed by atoms with Gasteiger partial charge in [-0.2, -0.15) is 0 Å². The number of benzene rings is 2. The quantitative estimate of drug-likeness (QED) is 0.709. The Morgan fingerprint density at radius 2 is 2.07 bits per heavy atom. The second-order valence-electron chi connectivity index (χ2n) is 5.59. The molecule has 6 nitrogen and oxygen atoms in total. The summed E-state index contributed by atoms with van der Waals surface area (Å²) in [6, 6.07) is 9.30. The lowest BCUT2D eigenvalue weighted by atomic mass is 10.2. The first kappa shape index (κ1) is 17.2. The number of ether oxygens (including phenoxy) is 2. The van der Waals surface area contributed by atoms with E-state index in [0.717, 1.165) is 11.3 Å². The molecule has 0 saturated heterocycles. The number of nitrogens with one attached hydrogen (secondary N) is 1. The molecule has 3 aromatic rings. The van der Waals surface area contributed by atoms with Crippen LogP contribution in [0.3, 0.4) is 0 Å². The minimum Gasteiger partial charge on any atom is -0.489 e. The monoisotopic (exact) mass is 389 g/mol. The van der Waals surface area contributed by atoms with Crippen LogP contribution in [0.1, 0.15) is 0 Å². The lowest BCUT2D eigenvalue weighted by molar-refractivity contribution is 0.250. The molecule has 2 aromatic carbocycles. The van der Waals surface area contributed by atoms with Gasteiger partial charge in [0.1, 0.15) is 29.7 Å². The molecule has 0 atom stereocenters. The van der Waals surface area contributed by atoms with Crippen molar-refractivity contribution in [1.82, 2.24) is 4.98 Å².